The summed E-state index contributed by atoms with van der Waals surface area (Å²) in [4.78, 5) is 15.3. The molecule has 8 aromatic carbocycles. The van der Waals surface area contributed by atoms with E-state index in [4.69, 9.17) is 15.0 Å². The molecule has 11 rings (SSSR count). The fraction of sp³-hybridized carbons (Fsp3) is 0.0200. The van der Waals surface area contributed by atoms with Crippen LogP contribution in [0.25, 0.3) is 94.7 Å². The number of hydrogen-bond acceptors (Lipinski definition) is 3. The predicted molar refractivity (Wildman–Crippen MR) is 222 cm³/mol. The zero-order valence-corrected chi connectivity index (χ0v) is 29.3. The first kappa shape index (κ1) is 30.5. The molecular formula is C50H32N4. The van der Waals surface area contributed by atoms with Gasteiger partial charge < -0.3 is 4.57 Å². The van der Waals surface area contributed by atoms with Gasteiger partial charge in [0.05, 0.1) is 11.0 Å². The molecule has 0 aliphatic heterocycles. The van der Waals surface area contributed by atoms with E-state index < -0.39 is 0 Å². The van der Waals surface area contributed by atoms with E-state index in [0.717, 1.165) is 23.1 Å². The van der Waals surface area contributed by atoms with Crippen LogP contribution in [-0.2, 0) is 6.42 Å². The largest absolute Gasteiger partial charge is 0.309 e. The topological polar surface area (TPSA) is 43.6 Å². The van der Waals surface area contributed by atoms with E-state index in [0.29, 0.717) is 17.5 Å². The highest BCUT2D eigenvalue weighted by Gasteiger charge is 2.27. The molecule has 0 fully saturated rings. The van der Waals surface area contributed by atoms with Gasteiger partial charge in [0.15, 0.2) is 17.5 Å². The molecule has 252 valence electrons. The second-order valence-corrected chi connectivity index (χ2v) is 14.0. The normalized spacial score (nSPS) is 12.0. The van der Waals surface area contributed by atoms with Crippen LogP contribution in [0.15, 0.2) is 182 Å². The Kier molecular flexibility index (Phi) is 6.89. The number of rotatable bonds is 5. The summed E-state index contributed by atoms with van der Waals surface area (Å²) in [6.45, 7) is 0. The number of para-hydroxylation sites is 2. The van der Waals surface area contributed by atoms with Crippen molar-refractivity contribution in [1.82, 2.24) is 19.5 Å². The third-order valence-corrected chi connectivity index (χ3v) is 10.9. The molecule has 0 saturated heterocycles. The van der Waals surface area contributed by atoms with Crippen molar-refractivity contribution in [1.29, 1.82) is 0 Å². The van der Waals surface area contributed by atoms with Gasteiger partial charge >= 0.3 is 0 Å². The van der Waals surface area contributed by atoms with Crippen molar-refractivity contribution in [3.05, 3.63) is 193 Å². The van der Waals surface area contributed by atoms with E-state index in [1.807, 2.05) is 36.4 Å². The second kappa shape index (κ2) is 12.2. The van der Waals surface area contributed by atoms with E-state index in [1.165, 1.54) is 71.6 Å². The smallest absolute Gasteiger partial charge is 0.164 e. The minimum atomic E-state index is 0.670. The van der Waals surface area contributed by atoms with Crippen LogP contribution < -0.4 is 0 Å². The van der Waals surface area contributed by atoms with E-state index in [2.05, 4.69) is 150 Å². The van der Waals surface area contributed by atoms with Gasteiger partial charge in [-0.15, -0.1) is 0 Å². The maximum absolute atomic E-state index is 5.17. The lowest BCUT2D eigenvalue weighted by atomic mass is 9.92. The van der Waals surface area contributed by atoms with Crippen LogP contribution in [0, 0.1) is 0 Å². The number of hydrogen-bond donors (Lipinski definition) is 0. The van der Waals surface area contributed by atoms with Gasteiger partial charge in [0.2, 0.25) is 0 Å². The summed E-state index contributed by atoms with van der Waals surface area (Å²) in [6.07, 6.45) is 0.807. The van der Waals surface area contributed by atoms with Gasteiger partial charge in [0.25, 0.3) is 0 Å². The van der Waals surface area contributed by atoms with Gasteiger partial charge in [-0.2, -0.15) is 0 Å². The molecule has 0 radical (unpaired) electrons. The van der Waals surface area contributed by atoms with Gasteiger partial charge in [-0.1, -0.05) is 140 Å². The molecule has 0 atom stereocenters. The molecule has 1 aliphatic rings. The molecular weight excluding hydrogens is 657 g/mol. The lowest BCUT2D eigenvalue weighted by Crippen LogP contribution is -2.02. The second-order valence-electron chi connectivity index (χ2n) is 14.0. The Morgan fingerprint density at radius 1 is 0.389 bits per heavy atom. The van der Waals surface area contributed by atoms with Crippen LogP contribution in [0.2, 0.25) is 0 Å². The lowest BCUT2D eigenvalue weighted by Gasteiger charge is -2.14. The number of aromatic nitrogens is 4. The van der Waals surface area contributed by atoms with Crippen LogP contribution >= 0.6 is 0 Å². The van der Waals surface area contributed by atoms with Crippen LogP contribution in [0.1, 0.15) is 11.1 Å². The van der Waals surface area contributed by atoms with Crippen molar-refractivity contribution in [2.24, 2.45) is 0 Å². The fourth-order valence-electron chi connectivity index (χ4n) is 8.35. The summed E-state index contributed by atoms with van der Waals surface area (Å²) in [5.41, 5.74) is 14.1. The van der Waals surface area contributed by atoms with Gasteiger partial charge in [-0.25, -0.2) is 15.0 Å². The summed E-state index contributed by atoms with van der Waals surface area (Å²) in [6, 6.07) is 64.7. The summed E-state index contributed by atoms with van der Waals surface area (Å²) < 4.78 is 2.37. The maximum atomic E-state index is 5.17. The van der Waals surface area contributed by atoms with Crippen molar-refractivity contribution in [2.75, 3.05) is 0 Å². The first-order valence-corrected chi connectivity index (χ1v) is 18.4. The SMILES string of the molecule is c1ccc(-c2nc(-c3ccccc3)nc(-c3cc4ccccc4c4c3Cc3ccc(-c5ccc6c(c5)c5ccccc5n6-c5ccccc5)cc3-4)n2)cc1. The fourth-order valence-corrected chi connectivity index (χ4v) is 8.35. The minimum Gasteiger partial charge on any atom is -0.309 e. The Morgan fingerprint density at radius 3 is 1.70 bits per heavy atom. The van der Waals surface area contributed by atoms with E-state index in [-0.39, 0.29) is 0 Å². The molecule has 0 spiro atoms. The van der Waals surface area contributed by atoms with E-state index in [9.17, 15) is 0 Å². The van der Waals surface area contributed by atoms with Crippen molar-refractivity contribution in [3.63, 3.8) is 0 Å². The first-order chi connectivity index (χ1) is 26.8. The van der Waals surface area contributed by atoms with Crippen LogP contribution in [-0.4, -0.2) is 19.5 Å². The van der Waals surface area contributed by atoms with Gasteiger partial charge in [-0.3, -0.25) is 0 Å². The molecule has 0 N–H and O–H groups in total. The van der Waals surface area contributed by atoms with Crippen molar-refractivity contribution in [2.45, 2.75) is 6.42 Å². The highest BCUT2D eigenvalue weighted by molar-refractivity contribution is 6.11. The van der Waals surface area contributed by atoms with Crippen molar-refractivity contribution < 1.29 is 0 Å². The average molecular weight is 689 g/mol. The highest BCUT2D eigenvalue weighted by atomic mass is 15.0. The molecule has 0 amide bonds. The maximum Gasteiger partial charge on any atom is 0.164 e. The molecule has 10 aromatic rings. The molecule has 1 aliphatic carbocycles. The highest BCUT2D eigenvalue weighted by Crippen LogP contribution is 2.47. The Labute approximate surface area is 312 Å². The summed E-state index contributed by atoms with van der Waals surface area (Å²) >= 11 is 0. The van der Waals surface area contributed by atoms with Gasteiger partial charge in [0, 0.05) is 33.2 Å². The Morgan fingerprint density at radius 2 is 0.963 bits per heavy atom. The third kappa shape index (κ3) is 4.88. The van der Waals surface area contributed by atoms with E-state index in [1.54, 1.807) is 0 Å². The molecule has 2 heterocycles. The predicted octanol–water partition coefficient (Wildman–Crippen LogP) is 12.4. The number of benzene rings is 8. The molecule has 54 heavy (non-hydrogen) atoms. The Bertz CT molecular complexity index is 3000. The van der Waals surface area contributed by atoms with Crippen LogP contribution in [0.3, 0.4) is 0 Å². The Balaban J connectivity index is 1.09. The lowest BCUT2D eigenvalue weighted by molar-refractivity contribution is 1.07. The quantitative estimate of drug-likeness (QED) is 0.181. The monoisotopic (exact) mass is 688 g/mol. The molecule has 4 heteroatoms. The van der Waals surface area contributed by atoms with Gasteiger partial charge in [-0.05, 0) is 93.0 Å². The molecule has 0 bridgehead atoms. The summed E-state index contributed by atoms with van der Waals surface area (Å²) in [5.74, 6) is 2.03. The standard InChI is InChI=1S/C50H32N4/c1-4-14-32(15-5-1)48-51-49(33-16-6-2-7-17-33)53-50(52-48)44-31-36-18-10-11-21-39(36)47-41-28-34(24-25-37(41)30-43(44)47)35-26-27-46-42(29-35)40-22-12-13-23-45(40)54(46)38-19-8-3-9-20-38/h1-29,31H,30H2. The zero-order chi connectivity index (χ0) is 35.6. The molecule has 4 nitrogen and oxygen atoms in total. The van der Waals surface area contributed by atoms with E-state index >= 15 is 0 Å². The molecule has 2 aromatic heterocycles. The van der Waals surface area contributed by atoms with Crippen molar-refractivity contribution >= 4 is 32.6 Å². The minimum absolute atomic E-state index is 0.670. The molecule has 0 saturated carbocycles. The Hall–Kier alpha value is -7.17. The van der Waals surface area contributed by atoms with Crippen LogP contribution in [0.4, 0.5) is 0 Å². The summed E-state index contributed by atoms with van der Waals surface area (Å²) in [5, 5.41) is 4.91. The number of nitrogens with zero attached hydrogens (tertiary/aromatic N) is 4. The average Bonchev–Trinajstić information content (AvgIpc) is 3.80. The third-order valence-electron chi connectivity index (χ3n) is 10.9. The van der Waals surface area contributed by atoms with Crippen molar-refractivity contribution in [3.8, 4) is 62.1 Å². The first-order valence-electron chi connectivity index (χ1n) is 18.4. The zero-order valence-electron chi connectivity index (χ0n) is 29.3. The van der Waals surface area contributed by atoms with Gasteiger partial charge in [0.1, 0.15) is 0 Å². The molecule has 0 unspecified atom stereocenters. The summed E-state index contributed by atoms with van der Waals surface area (Å²) in [7, 11) is 0. The number of fused-ring (bicyclic) bond motifs is 8. The van der Waals surface area contributed by atoms with Crippen LogP contribution in [0.5, 0.6) is 0 Å².